The van der Waals surface area contributed by atoms with Crippen LogP contribution in [0.3, 0.4) is 0 Å². The van der Waals surface area contributed by atoms with E-state index >= 15 is 0 Å². The number of carbonyl (C=O) groups excluding carboxylic acids is 1. The third kappa shape index (κ3) is 2.47. The predicted octanol–water partition coefficient (Wildman–Crippen LogP) is 3.57. The minimum absolute atomic E-state index is 0.0806. The van der Waals surface area contributed by atoms with Crippen molar-refractivity contribution >= 4 is 27.8 Å². The molecule has 1 aliphatic rings. The molecule has 0 bridgehead atoms. The van der Waals surface area contributed by atoms with Crippen LogP contribution in [0.2, 0.25) is 0 Å². The van der Waals surface area contributed by atoms with Gasteiger partial charge in [0, 0.05) is 6.42 Å². The van der Waals surface area contributed by atoms with Crippen molar-refractivity contribution in [2.75, 3.05) is 7.11 Å². The fourth-order valence-corrected chi connectivity index (χ4v) is 2.21. The van der Waals surface area contributed by atoms with Crippen LogP contribution in [0.1, 0.15) is 6.42 Å². The molecule has 0 radical (unpaired) electrons. The number of carbonyl (C=O) groups is 1. The molecule has 0 heterocycles. The van der Waals surface area contributed by atoms with Gasteiger partial charge in [-0.05, 0) is 6.08 Å². The molecule has 106 valence electrons. The number of hydrogen-bond acceptors (Lipinski definition) is 3. The minimum atomic E-state index is -10.0. The highest BCUT2D eigenvalue weighted by Crippen LogP contribution is 3.03. The third-order valence-electron chi connectivity index (χ3n) is 2.37. The first-order valence-electron chi connectivity index (χ1n) is 4.40. The van der Waals surface area contributed by atoms with Gasteiger partial charge in [-0.2, -0.15) is 0 Å². The summed E-state index contributed by atoms with van der Waals surface area (Å²) in [4.78, 5) is 7.22. The van der Waals surface area contributed by atoms with E-state index in [0.717, 1.165) is 7.11 Å². The summed E-state index contributed by atoms with van der Waals surface area (Å²) in [6, 6.07) is 0. The zero-order valence-corrected chi connectivity index (χ0v) is 10.5. The predicted molar refractivity (Wildman–Crippen MR) is 58.7 cm³/mol. The molecule has 0 spiro atoms. The Kier molecular flexibility index (Phi) is 2.88. The summed E-state index contributed by atoms with van der Waals surface area (Å²) in [6.45, 7) is 0. The number of halogens is 6. The summed E-state index contributed by atoms with van der Waals surface area (Å²) in [7, 11) is -9.16. The number of esters is 1. The van der Waals surface area contributed by atoms with Gasteiger partial charge in [0.05, 0.1) is 17.7 Å². The van der Waals surface area contributed by atoms with Gasteiger partial charge in [-0.25, -0.2) is 4.79 Å². The molecular formula is C8H9ClF5NO2S. The van der Waals surface area contributed by atoms with E-state index in [0.29, 0.717) is 6.08 Å². The van der Waals surface area contributed by atoms with E-state index in [-0.39, 0.29) is 6.08 Å². The molecule has 0 aromatic heterocycles. The summed E-state index contributed by atoms with van der Waals surface area (Å²) in [6.07, 6.45) is -0.710. The highest BCUT2D eigenvalue weighted by atomic mass is 35.5. The molecule has 0 saturated carbocycles. The van der Waals surface area contributed by atoms with Crippen molar-refractivity contribution in [1.82, 2.24) is 0 Å². The molecule has 1 rings (SSSR count). The molecule has 0 aromatic carbocycles. The van der Waals surface area contributed by atoms with Crippen LogP contribution in [0.4, 0.5) is 19.4 Å². The molecule has 0 saturated heterocycles. The fraction of sp³-hybridized carbons (Fsp3) is 0.375. The Morgan fingerprint density at radius 2 is 1.94 bits per heavy atom. The van der Waals surface area contributed by atoms with Crippen LogP contribution in [0.25, 0.3) is 0 Å². The Morgan fingerprint density at radius 3 is 2.33 bits per heavy atom. The third-order valence-corrected chi connectivity index (χ3v) is 4.45. The number of hydrogen-bond donors (Lipinski definition) is 1. The van der Waals surface area contributed by atoms with Crippen LogP contribution in [-0.4, -0.2) is 18.0 Å². The van der Waals surface area contributed by atoms with Crippen LogP contribution in [-0.2, 0) is 9.53 Å². The normalized spacial score (nSPS) is 28.7. The molecule has 0 amide bonds. The Labute approximate surface area is 104 Å². The summed E-state index contributed by atoms with van der Waals surface area (Å²) >= 11 is 5.46. The average molecular weight is 314 g/mol. The number of nitrogens with two attached hydrogens (primary N) is 1. The van der Waals surface area contributed by atoms with E-state index in [9.17, 15) is 24.2 Å². The van der Waals surface area contributed by atoms with Crippen LogP contribution >= 0.6 is 21.8 Å². The van der Waals surface area contributed by atoms with E-state index in [2.05, 4.69) is 4.74 Å². The van der Waals surface area contributed by atoms with Crippen LogP contribution < -0.4 is 5.73 Å². The number of methoxy groups -OCH3 is 1. The van der Waals surface area contributed by atoms with Gasteiger partial charge in [0.1, 0.15) is 0 Å². The quantitative estimate of drug-likeness (QED) is 0.626. The first-order chi connectivity index (χ1) is 7.71. The fourth-order valence-electron chi connectivity index (χ4n) is 1.27. The van der Waals surface area contributed by atoms with Crippen LogP contribution in [0.15, 0.2) is 22.8 Å². The topological polar surface area (TPSA) is 52.3 Å². The lowest BCUT2D eigenvalue weighted by Crippen LogP contribution is -2.49. The van der Waals surface area contributed by atoms with Gasteiger partial charge in [-0.1, -0.05) is 37.1 Å². The summed E-state index contributed by atoms with van der Waals surface area (Å²) in [5.74, 6) is -1.27. The van der Waals surface area contributed by atoms with Gasteiger partial charge in [-0.3, -0.25) is 0 Å². The molecule has 18 heavy (non-hydrogen) atoms. The largest absolute Gasteiger partial charge is 0.465 e. The second kappa shape index (κ2) is 3.40. The van der Waals surface area contributed by atoms with E-state index < -0.39 is 38.1 Å². The van der Waals surface area contributed by atoms with Crippen molar-refractivity contribution in [2.45, 2.75) is 11.3 Å². The SMILES string of the molecule is COC(=O)C1=CC(N)(S(F)(F)(F)(F)F)CC=C1Cl. The van der Waals surface area contributed by atoms with Crippen molar-refractivity contribution in [1.29, 1.82) is 0 Å². The lowest BCUT2D eigenvalue weighted by atomic mass is 10.0. The first-order valence-corrected chi connectivity index (χ1v) is 6.73. The lowest BCUT2D eigenvalue weighted by Gasteiger charge is -2.53. The molecule has 1 unspecified atom stereocenters. The number of rotatable bonds is 2. The number of ether oxygens (including phenoxy) is 1. The Bertz CT molecular complexity index is 471. The van der Waals surface area contributed by atoms with Crippen LogP contribution in [0.5, 0.6) is 0 Å². The summed E-state index contributed by atoms with van der Waals surface area (Å²) < 4.78 is 67.9. The van der Waals surface area contributed by atoms with E-state index in [4.69, 9.17) is 17.3 Å². The molecule has 0 aliphatic heterocycles. The molecule has 0 aromatic rings. The van der Waals surface area contributed by atoms with Crippen molar-refractivity contribution < 1.29 is 29.0 Å². The van der Waals surface area contributed by atoms with Crippen molar-refractivity contribution in [3.8, 4) is 0 Å². The molecule has 10 heteroatoms. The molecule has 1 atom stereocenters. The first kappa shape index (κ1) is 15.3. The van der Waals surface area contributed by atoms with Gasteiger partial charge in [0.25, 0.3) is 0 Å². The minimum Gasteiger partial charge on any atom is -0.465 e. The Balaban J connectivity index is 3.42. The van der Waals surface area contributed by atoms with Gasteiger partial charge in [0.2, 0.25) is 0 Å². The van der Waals surface area contributed by atoms with Gasteiger partial charge >= 0.3 is 16.2 Å². The zero-order valence-electron chi connectivity index (χ0n) is 8.93. The molecule has 3 nitrogen and oxygen atoms in total. The van der Waals surface area contributed by atoms with Gasteiger partial charge in [0.15, 0.2) is 4.87 Å². The van der Waals surface area contributed by atoms with Crippen LogP contribution in [0, 0.1) is 0 Å². The van der Waals surface area contributed by atoms with Gasteiger partial charge < -0.3 is 10.5 Å². The molecule has 0 fully saturated rings. The van der Waals surface area contributed by atoms with E-state index in [1.54, 1.807) is 0 Å². The maximum absolute atomic E-state index is 12.8. The lowest BCUT2D eigenvalue weighted by molar-refractivity contribution is -0.135. The standard InChI is InChI=1S/C8H9ClF5NO2S/c1-17-7(16)5-4-8(15,3-2-6(5)9)18(10,11,12,13)14/h2,4H,3,15H2,1H3. The maximum Gasteiger partial charge on any atom is 0.339 e. The van der Waals surface area contributed by atoms with E-state index in [1.807, 2.05) is 0 Å². The second-order valence-electron chi connectivity index (χ2n) is 3.73. The molecule has 2 N–H and O–H groups in total. The Hall–Kier alpha value is -0.800. The van der Waals surface area contributed by atoms with Crippen molar-refractivity contribution in [2.24, 2.45) is 5.73 Å². The highest BCUT2D eigenvalue weighted by molar-refractivity contribution is 8.46. The van der Waals surface area contributed by atoms with Crippen molar-refractivity contribution in [3.05, 3.63) is 22.8 Å². The Morgan fingerprint density at radius 1 is 1.44 bits per heavy atom. The monoisotopic (exact) mass is 313 g/mol. The zero-order chi connectivity index (χ0) is 14.5. The molecular weight excluding hydrogens is 305 g/mol. The molecule has 1 aliphatic carbocycles. The van der Waals surface area contributed by atoms with Crippen molar-refractivity contribution in [3.63, 3.8) is 0 Å². The smallest absolute Gasteiger partial charge is 0.339 e. The van der Waals surface area contributed by atoms with Gasteiger partial charge in [-0.15, -0.1) is 0 Å². The van der Waals surface area contributed by atoms with E-state index in [1.165, 1.54) is 0 Å². The average Bonchev–Trinajstić information content (AvgIpc) is 2.16. The second-order valence-corrected chi connectivity index (χ2v) is 6.83. The highest BCUT2D eigenvalue weighted by Gasteiger charge is 2.77. The summed E-state index contributed by atoms with van der Waals surface area (Å²) in [5, 5.41) is -0.412. The maximum atomic E-state index is 12.8. The summed E-state index contributed by atoms with van der Waals surface area (Å²) in [5.41, 5.74) is 3.91.